The van der Waals surface area contributed by atoms with Crippen molar-refractivity contribution < 1.29 is 13.5 Å². The van der Waals surface area contributed by atoms with Crippen LogP contribution in [0.25, 0.3) is 0 Å². The molecule has 0 bridgehead atoms. The summed E-state index contributed by atoms with van der Waals surface area (Å²) in [5.41, 5.74) is 1.55. The summed E-state index contributed by atoms with van der Waals surface area (Å²) in [6, 6.07) is 6.86. The monoisotopic (exact) mass is 282 g/mol. The highest BCUT2D eigenvalue weighted by molar-refractivity contribution is 7.87. The largest absolute Gasteiger partial charge is 0.384 e. The molecule has 0 aliphatic heterocycles. The third-order valence-electron chi connectivity index (χ3n) is 2.36. The van der Waals surface area contributed by atoms with Crippen LogP contribution in [0, 0.1) is 11.8 Å². The lowest BCUT2D eigenvalue weighted by Gasteiger charge is -2.14. The van der Waals surface area contributed by atoms with E-state index in [2.05, 4.69) is 21.3 Å². The summed E-state index contributed by atoms with van der Waals surface area (Å²) in [6.07, 6.45) is 0. The van der Waals surface area contributed by atoms with Crippen LogP contribution < -0.4 is 9.44 Å². The second-order valence-corrected chi connectivity index (χ2v) is 5.46. The zero-order valence-electron chi connectivity index (χ0n) is 11.0. The molecule has 0 spiro atoms. The van der Waals surface area contributed by atoms with Crippen molar-refractivity contribution in [2.45, 2.75) is 19.9 Å². The molecular weight excluding hydrogens is 264 g/mol. The summed E-state index contributed by atoms with van der Waals surface area (Å²) in [5, 5.41) is 8.64. The number of nitrogens with one attached hydrogen (secondary N) is 2. The number of aliphatic hydroxyl groups excluding tert-OH is 1. The van der Waals surface area contributed by atoms with Crippen molar-refractivity contribution in [3.05, 3.63) is 35.4 Å². The molecule has 1 rings (SSSR count). The maximum Gasteiger partial charge on any atom is 0.277 e. The molecule has 0 heterocycles. The van der Waals surface area contributed by atoms with Gasteiger partial charge in [0.25, 0.3) is 10.2 Å². The topological polar surface area (TPSA) is 78.4 Å². The van der Waals surface area contributed by atoms with Gasteiger partial charge in [0.05, 0.1) is 0 Å². The summed E-state index contributed by atoms with van der Waals surface area (Å²) in [6.45, 7) is 3.61. The Balaban J connectivity index is 2.85. The van der Waals surface area contributed by atoms with Gasteiger partial charge in [-0.2, -0.15) is 13.1 Å². The van der Waals surface area contributed by atoms with E-state index >= 15 is 0 Å². The van der Waals surface area contributed by atoms with E-state index in [9.17, 15) is 8.42 Å². The molecule has 1 unspecified atom stereocenters. The van der Waals surface area contributed by atoms with Gasteiger partial charge in [0, 0.05) is 18.2 Å². The van der Waals surface area contributed by atoms with Crippen molar-refractivity contribution in [2.75, 3.05) is 13.2 Å². The van der Waals surface area contributed by atoms with Gasteiger partial charge >= 0.3 is 0 Å². The summed E-state index contributed by atoms with van der Waals surface area (Å²) >= 11 is 0. The predicted octanol–water partition coefficient (Wildman–Crippen LogP) is 0.535. The average molecular weight is 282 g/mol. The van der Waals surface area contributed by atoms with Gasteiger partial charge < -0.3 is 5.11 Å². The Labute approximate surface area is 114 Å². The minimum Gasteiger partial charge on any atom is -0.384 e. The molecule has 5 nitrogen and oxygen atoms in total. The van der Waals surface area contributed by atoms with Crippen molar-refractivity contribution in [3.63, 3.8) is 0 Å². The lowest BCUT2D eigenvalue weighted by atomic mass is 10.1. The standard InChI is InChI=1S/C13H18N2O3S/c1-3-14-19(17,18)15-11(2)13-8-4-6-12(10-13)7-5-9-16/h4,6,8,10-11,14-16H,3,9H2,1-2H3. The van der Waals surface area contributed by atoms with Crippen LogP contribution in [0.3, 0.4) is 0 Å². The van der Waals surface area contributed by atoms with Crippen molar-refractivity contribution in [2.24, 2.45) is 0 Å². The van der Waals surface area contributed by atoms with E-state index in [4.69, 9.17) is 5.11 Å². The number of benzene rings is 1. The molecule has 0 saturated carbocycles. The minimum absolute atomic E-state index is 0.202. The van der Waals surface area contributed by atoms with E-state index in [0.717, 1.165) is 11.1 Å². The Morgan fingerprint density at radius 3 is 2.79 bits per heavy atom. The smallest absolute Gasteiger partial charge is 0.277 e. The van der Waals surface area contributed by atoms with Crippen LogP contribution in [0.15, 0.2) is 24.3 Å². The molecule has 0 saturated heterocycles. The summed E-state index contributed by atoms with van der Waals surface area (Å²) < 4.78 is 28.1. The Kier molecular flexibility index (Phi) is 5.99. The first kappa shape index (κ1) is 15.7. The third-order valence-corrected chi connectivity index (χ3v) is 3.70. The number of hydrogen-bond acceptors (Lipinski definition) is 3. The molecule has 6 heteroatoms. The summed E-state index contributed by atoms with van der Waals surface area (Å²) in [4.78, 5) is 0. The highest BCUT2D eigenvalue weighted by Crippen LogP contribution is 2.14. The van der Waals surface area contributed by atoms with Gasteiger partial charge in [-0.15, -0.1) is 0 Å². The first-order valence-corrected chi connectivity index (χ1v) is 7.43. The summed E-state index contributed by atoms with van der Waals surface area (Å²) in [5.74, 6) is 5.34. The normalized spacial score (nSPS) is 12.6. The van der Waals surface area contributed by atoms with Gasteiger partial charge in [0.15, 0.2) is 0 Å². The Bertz CT molecular complexity index is 573. The molecule has 104 valence electrons. The van der Waals surface area contributed by atoms with Crippen molar-refractivity contribution >= 4 is 10.2 Å². The zero-order valence-corrected chi connectivity index (χ0v) is 11.8. The van der Waals surface area contributed by atoms with Gasteiger partial charge in [0.1, 0.15) is 6.61 Å². The Hall–Kier alpha value is -1.39. The average Bonchev–Trinajstić information content (AvgIpc) is 2.36. The number of aliphatic hydroxyl groups is 1. The maximum absolute atomic E-state index is 11.6. The molecule has 19 heavy (non-hydrogen) atoms. The fourth-order valence-electron chi connectivity index (χ4n) is 1.56. The van der Waals surface area contributed by atoms with Gasteiger partial charge in [-0.05, 0) is 24.6 Å². The minimum atomic E-state index is -3.48. The quantitative estimate of drug-likeness (QED) is 0.690. The fourth-order valence-corrected chi connectivity index (χ4v) is 2.62. The van der Waals surface area contributed by atoms with Crippen molar-refractivity contribution in [1.29, 1.82) is 0 Å². The SMILES string of the molecule is CCNS(=O)(=O)NC(C)c1cccc(C#CCO)c1. The molecule has 1 aromatic rings. The molecule has 0 fully saturated rings. The Morgan fingerprint density at radius 1 is 1.42 bits per heavy atom. The molecule has 0 radical (unpaired) electrons. The second kappa shape index (κ2) is 7.26. The van der Waals surface area contributed by atoms with E-state index in [1.54, 1.807) is 32.0 Å². The second-order valence-electron chi connectivity index (χ2n) is 3.93. The molecule has 1 aromatic carbocycles. The fraction of sp³-hybridized carbons (Fsp3) is 0.385. The maximum atomic E-state index is 11.6. The number of rotatable bonds is 5. The first-order valence-electron chi connectivity index (χ1n) is 5.95. The molecule has 0 amide bonds. The summed E-state index contributed by atoms with van der Waals surface area (Å²) in [7, 11) is -3.48. The van der Waals surface area contributed by atoms with E-state index < -0.39 is 10.2 Å². The molecule has 0 aromatic heterocycles. The molecule has 1 atom stereocenters. The van der Waals surface area contributed by atoms with Crippen LogP contribution in [0.1, 0.15) is 31.0 Å². The van der Waals surface area contributed by atoms with Crippen LogP contribution in [0.2, 0.25) is 0 Å². The van der Waals surface area contributed by atoms with E-state index in [1.807, 2.05) is 6.07 Å². The van der Waals surface area contributed by atoms with Crippen LogP contribution in [-0.2, 0) is 10.2 Å². The van der Waals surface area contributed by atoms with E-state index in [-0.39, 0.29) is 12.6 Å². The molecule has 3 N–H and O–H groups in total. The highest BCUT2D eigenvalue weighted by atomic mass is 32.2. The zero-order chi connectivity index (χ0) is 14.3. The lowest BCUT2D eigenvalue weighted by molar-refractivity contribution is 0.350. The molecule has 0 aliphatic carbocycles. The first-order chi connectivity index (χ1) is 8.98. The van der Waals surface area contributed by atoms with Gasteiger partial charge in [-0.3, -0.25) is 0 Å². The number of hydrogen-bond donors (Lipinski definition) is 3. The van der Waals surface area contributed by atoms with Gasteiger partial charge in [0.2, 0.25) is 0 Å². The van der Waals surface area contributed by atoms with Crippen LogP contribution in [-0.4, -0.2) is 26.7 Å². The third kappa shape index (κ3) is 5.41. The van der Waals surface area contributed by atoms with Crippen molar-refractivity contribution in [1.82, 2.24) is 9.44 Å². The van der Waals surface area contributed by atoms with Gasteiger partial charge in [-0.1, -0.05) is 30.9 Å². The van der Waals surface area contributed by atoms with E-state index in [1.165, 1.54) is 0 Å². The van der Waals surface area contributed by atoms with E-state index in [0.29, 0.717) is 6.54 Å². The van der Waals surface area contributed by atoms with Crippen LogP contribution >= 0.6 is 0 Å². The lowest BCUT2D eigenvalue weighted by Crippen LogP contribution is -2.37. The molecule has 0 aliphatic rings. The van der Waals surface area contributed by atoms with Crippen molar-refractivity contribution in [3.8, 4) is 11.8 Å². The van der Waals surface area contributed by atoms with Crippen LogP contribution in [0.5, 0.6) is 0 Å². The highest BCUT2D eigenvalue weighted by Gasteiger charge is 2.14. The van der Waals surface area contributed by atoms with Crippen LogP contribution in [0.4, 0.5) is 0 Å². The van der Waals surface area contributed by atoms with Gasteiger partial charge in [-0.25, -0.2) is 4.72 Å². The predicted molar refractivity (Wildman–Crippen MR) is 74.6 cm³/mol. The Morgan fingerprint density at radius 2 is 2.16 bits per heavy atom. The molecular formula is C13H18N2O3S.